The van der Waals surface area contributed by atoms with Crippen molar-refractivity contribution in [2.45, 2.75) is 6.92 Å². The zero-order chi connectivity index (χ0) is 15.0. The number of aromatic nitrogens is 2. The average molecular weight is 321 g/mol. The van der Waals surface area contributed by atoms with Crippen LogP contribution in [0.1, 0.15) is 4.88 Å². The summed E-state index contributed by atoms with van der Waals surface area (Å²) < 4.78 is 5.21. The van der Waals surface area contributed by atoms with Gasteiger partial charge in [-0.05, 0) is 25.1 Å². The van der Waals surface area contributed by atoms with Gasteiger partial charge in [-0.15, -0.1) is 11.3 Å². The molecule has 0 saturated heterocycles. The van der Waals surface area contributed by atoms with Crippen LogP contribution in [0.3, 0.4) is 0 Å². The molecule has 0 amide bonds. The first-order valence-electron chi connectivity index (χ1n) is 6.21. The van der Waals surface area contributed by atoms with E-state index in [-0.39, 0.29) is 5.95 Å². The predicted molar refractivity (Wildman–Crippen MR) is 87.9 cm³/mol. The molecule has 2 heterocycles. The lowest BCUT2D eigenvalue weighted by molar-refractivity contribution is 0.415. The number of nitrogens with one attached hydrogen (secondary N) is 1. The van der Waals surface area contributed by atoms with Crippen LogP contribution in [-0.2, 0) is 0 Å². The molecule has 0 atom stereocenters. The van der Waals surface area contributed by atoms with Gasteiger partial charge in [0, 0.05) is 10.9 Å². The first kappa shape index (κ1) is 13.9. The first-order valence-corrected chi connectivity index (χ1v) is 7.40. The van der Waals surface area contributed by atoms with E-state index in [1.54, 1.807) is 30.6 Å². The molecule has 5 nitrogen and oxygen atoms in total. The van der Waals surface area contributed by atoms with Crippen molar-refractivity contribution in [2.75, 3.05) is 18.2 Å². The van der Waals surface area contributed by atoms with Gasteiger partial charge in [-0.2, -0.15) is 4.98 Å². The van der Waals surface area contributed by atoms with E-state index in [1.807, 2.05) is 19.1 Å². The van der Waals surface area contributed by atoms with E-state index in [2.05, 4.69) is 15.3 Å². The molecule has 0 aliphatic carbocycles. The summed E-state index contributed by atoms with van der Waals surface area (Å²) in [6, 6.07) is 7.40. The molecule has 3 N–H and O–H groups in total. The smallest absolute Gasteiger partial charge is 0.223 e. The Bertz CT molecular complexity index is 818. The van der Waals surface area contributed by atoms with Gasteiger partial charge >= 0.3 is 0 Å². The Kier molecular flexibility index (Phi) is 3.57. The van der Waals surface area contributed by atoms with Crippen molar-refractivity contribution in [3.05, 3.63) is 34.2 Å². The number of nitrogen functional groups attached to an aromatic ring is 1. The zero-order valence-corrected chi connectivity index (χ0v) is 13.0. The van der Waals surface area contributed by atoms with E-state index in [0.29, 0.717) is 22.3 Å². The molecular formula is C14H13ClN4OS. The molecule has 7 heteroatoms. The first-order chi connectivity index (χ1) is 10.1. The van der Waals surface area contributed by atoms with Crippen molar-refractivity contribution < 1.29 is 4.74 Å². The van der Waals surface area contributed by atoms with Gasteiger partial charge in [0.05, 0.1) is 23.2 Å². The summed E-state index contributed by atoms with van der Waals surface area (Å²) in [4.78, 5) is 10.5. The fourth-order valence-electron chi connectivity index (χ4n) is 2.01. The second kappa shape index (κ2) is 5.38. The van der Waals surface area contributed by atoms with Crippen LogP contribution in [-0.4, -0.2) is 17.1 Å². The molecule has 3 aromatic rings. The molecule has 0 fully saturated rings. The van der Waals surface area contributed by atoms with Crippen molar-refractivity contribution >= 4 is 50.6 Å². The van der Waals surface area contributed by atoms with Gasteiger partial charge in [-0.1, -0.05) is 11.6 Å². The molecule has 108 valence electrons. The van der Waals surface area contributed by atoms with Gasteiger partial charge in [0.1, 0.15) is 16.4 Å². The SMILES string of the molecule is COc1ccc(Cl)c(Nc2nc(N)nc3sc(C)cc23)c1. The van der Waals surface area contributed by atoms with Gasteiger partial charge in [0.2, 0.25) is 5.95 Å². The summed E-state index contributed by atoms with van der Waals surface area (Å²) in [6.07, 6.45) is 0. The minimum Gasteiger partial charge on any atom is -0.497 e. The lowest BCUT2D eigenvalue weighted by atomic mass is 10.2. The topological polar surface area (TPSA) is 73.1 Å². The number of nitrogens with two attached hydrogens (primary N) is 1. The molecule has 21 heavy (non-hydrogen) atoms. The molecule has 0 unspecified atom stereocenters. The van der Waals surface area contributed by atoms with E-state index in [4.69, 9.17) is 22.1 Å². The van der Waals surface area contributed by atoms with Crippen LogP contribution in [0.15, 0.2) is 24.3 Å². The van der Waals surface area contributed by atoms with E-state index < -0.39 is 0 Å². The summed E-state index contributed by atoms with van der Waals surface area (Å²) in [7, 11) is 1.61. The molecule has 0 spiro atoms. The van der Waals surface area contributed by atoms with Crippen LogP contribution in [0.4, 0.5) is 17.5 Å². The standard InChI is InChI=1S/C14H13ClN4OS/c1-7-5-9-12(18-14(16)19-13(9)21-7)17-11-6-8(20-2)3-4-10(11)15/h3-6H,1-2H3,(H3,16,17,18,19). The number of thiophene rings is 1. The highest BCUT2D eigenvalue weighted by Crippen LogP contribution is 2.34. The van der Waals surface area contributed by atoms with Crippen molar-refractivity contribution in [2.24, 2.45) is 0 Å². The van der Waals surface area contributed by atoms with Crippen LogP contribution in [0.2, 0.25) is 5.02 Å². The Balaban J connectivity index is 2.09. The third-order valence-corrected chi connectivity index (χ3v) is 4.23. The Morgan fingerprint density at radius 2 is 2.10 bits per heavy atom. The van der Waals surface area contributed by atoms with Crippen LogP contribution >= 0.6 is 22.9 Å². The number of fused-ring (bicyclic) bond motifs is 1. The van der Waals surface area contributed by atoms with Gasteiger partial charge in [0.25, 0.3) is 0 Å². The summed E-state index contributed by atoms with van der Waals surface area (Å²) in [5.41, 5.74) is 6.48. The Morgan fingerprint density at radius 3 is 2.86 bits per heavy atom. The van der Waals surface area contributed by atoms with Crippen molar-refractivity contribution in [1.29, 1.82) is 0 Å². The molecule has 0 bridgehead atoms. The van der Waals surface area contributed by atoms with E-state index in [1.165, 1.54) is 0 Å². The number of rotatable bonds is 3. The number of halogens is 1. The zero-order valence-electron chi connectivity index (χ0n) is 11.5. The third kappa shape index (κ3) is 2.72. The van der Waals surface area contributed by atoms with Gasteiger partial charge in [0.15, 0.2) is 0 Å². The summed E-state index contributed by atoms with van der Waals surface area (Å²) in [5, 5.41) is 4.71. The van der Waals surface area contributed by atoms with Gasteiger partial charge in [-0.3, -0.25) is 0 Å². The number of hydrogen-bond acceptors (Lipinski definition) is 6. The van der Waals surface area contributed by atoms with Gasteiger partial charge in [-0.25, -0.2) is 4.98 Å². The van der Waals surface area contributed by atoms with Crippen LogP contribution in [0.5, 0.6) is 5.75 Å². The highest BCUT2D eigenvalue weighted by Gasteiger charge is 2.11. The fourth-order valence-corrected chi connectivity index (χ4v) is 3.06. The Morgan fingerprint density at radius 1 is 1.29 bits per heavy atom. The third-order valence-electron chi connectivity index (χ3n) is 2.96. The maximum absolute atomic E-state index is 6.21. The lowest BCUT2D eigenvalue weighted by Crippen LogP contribution is -2.00. The number of hydrogen-bond donors (Lipinski definition) is 2. The highest BCUT2D eigenvalue weighted by atomic mass is 35.5. The number of anilines is 3. The molecule has 0 radical (unpaired) electrons. The number of nitrogens with zero attached hydrogens (tertiary/aromatic N) is 2. The second-order valence-electron chi connectivity index (χ2n) is 4.48. The fraction of sp³-hybridized carbons (Fsp3) is 0.143. The summed E-state index contributed by atoms with van der Waals surface area (Å²) in [5.74, 6) is 1.57. The minimum absolute atomic E-state index is 0.228. The van der Waals surface area contributed by atoms with Crippen LogP contribution in [0.25, 0.3) is 10.2 Å². The lowest BCUT2D eigenvalue weighted by Gasteiger charge is -2.10. The van der Waals surface area contributed by atoms with Crippen molar-refractivity contribution in [3.63, 3.8) is 0 Å². The van der Waals surface area contributed by atoms with E-state index in [9.17, 15) is 0 Å². The summed E-state index contributed by atoms with van der Waals surface area (Å²) in [6.45, 7) is 2.02. The van der Waals surface area contributed by atoms with Crippen LogP contribution < -0.4 is 15.8 Å². The quantitative estimate of drug-likeness (QED) is 0.763. The van der Waals surface area contributed by atoms with E-state index in [0.717, 1.165) is 15.1 Å². The maximum Gasteiger partial charge on any atom is 0.223 e. The largest absolute Gasteiger partial charge is 0.497 e. The van der Waals surface area contributed by atoms with Crippen molar-refractivity contribution in [1.82, 2.24) is 9.97 Å². The number of methoxy groups -OCH3 is 1. The Labute approximate surface area is 130 Å². The van der Waals surface area contributed by atoms with E-state index >= 15 is 0 Å². The molecular weight excluding hydrogens is 308 g/mol. The average Bonchev–Trinajstić information content (AvgIpc) is 2.81. The predicted octanol–water partition coefficient (Wildman–Crippen LogP) is 3.99. The second-order valence-corrected chi connectivity index (χ2v) is 6.12. The Hall–Kier alpha value is -2.05. The molecule has 0 aliphatic heterocycles. The minimum atomic E-state index is 0.228. The normalized spacial score (nSPS) is 10.8. The number of benzene rings is 1. The van der Waals surface area contributed by atoms with Crippen LogP contribution in [0, 0.1) is 6.92 Å². The molecule has 0 aliphatic rings. The highest BCUT2D eigenvalue weighted by molar-refractivity contribution is 7.18. The molecule has 3 rings (SSSR count). The van der Waals surface area contributed by atoms with Gasteiger partial charge < -0.3 is 15.8 Å². The molecule has 2 aromatic heterocycles. The number of aryl methyl sites for hydroxylation is 1. The van der Waals surface area contributed by atoms with Crippen molar-refractivity contribution in [3.8, 4) is 5.75 Å². The molecule has 0 saturated carbocycles. The maximum atomic E-state index is 6.21. The number of ether oxygens (including phenoxy) is 1. The monoisotopic (exact) mass is 320 g/mol. The summed E-state index contributed by atoms with van der Waals surface area (Å²) >= 11 is 7.78. The molecule has 1 aromatic carbocycles.